The van der Waals surface area contributed by atoms with Crippen LogP contribution in [0, 0.1) is 0 Å². The van der Waals surface area contributed by atoms with E-state index in [1.807, 2.05) is 0 Å². The molecule has 2 aromatic heterocycles. The number of para-hydroxylation sites is 2. The number of rotatable bonds is 6. The second-order valence-corrected chi connectivity index (χ2v) is 5.98. The molecule has 3 rings (SSSR count). The van der Waals surface area contributed by atoms with Crippen molar-refractivity contribution in [1.29, 1.82) is 0 Å². The molecule has 0 amide bonds. The monoisotopic (exact) mass is 412 g/mol. The number of hydrogen-bond acceptors (Lipinski definition) is 5. The Labute approximate surface area is 162 Å². The van der Waals surface area contributed by atoms with Crippen molar-refractivity contribution >= 4 is 28.5 Å². The molecule has 0 aliphatic heterocycles. The van der Waals surface area contributed by atoms with E-state index in [1.54, 1.807) is 0 Å². The zero-order valence-electron chi connectivity index (χ0n) is 15.4. The van der Waals surface area contributed by atoms with Crippen molar-refractivity contribution in [3.05, 3.63) is 47.8 Å². The molecule has 154 valence electrons. The molecule has 0 unspecified atom stereocenters. The lowest BCUT2D eigenvalue weighted by molar-refractivity contribution is -0.174. The van der Waals surface area contributed by atoms with E-state index in [9.17, 15) is 27.2 Å². The largest absolute Gasteiger partial charge is 0.461 e. The van der Waals surface area contributed by atoms with Crippen LogP contribution < -0.4 is 0 Å². The number of fused-ring (bicyclic) bond motifs is 3. The lowest BCUT2D eigenvalue weighted by atomic mass is 10.2. The summed E-state index contributed by atoms with van der Waals surface area (Å²) in [6.45, 7) is 2.13. The van der Waals surface area contributed by atoms with Crippen molar-refractivity contribution < 1.29 is 36.6 Å². The number of ether oxygens (including phenoxy) is 2. The zero-order chi connectivity index (χ0) is 21.4. The van der Waals surface area contributed by atoms with Gasteiger partial charge in [0.15, 0.2) is 0 Å². The molecule has 6 nitrogen and oxygen atoms in total. The maximum atomic E-state index is 14.8. The SMILES string of the molecule is CCOC(=O)C(F)(F)c1nc2ccccc2n2c(C(F)(F)C(=O)OCC)ccc12. The molecule has 0 fully saturated rings. The summed E-state index contributed by atoms with van der Waals surface area (Å²) in [5.41, 5.74) is -2.42. The summed E-state index contributed by atoms with van der Waals surface area (Å²) in [5.74, 6) is -12.0. The van der Waals surface area contributed by atoms with Gasteiger partial charge < -0.3 is 13.9 Å². The summed E-state index contributed by atoms with van der Waals surface area (Å²) in [6.07, 6.45) is 0. The van der Waals surface area contributed by atoms with Gasteiger partial charge in [-0.05, 0) is 38.1 Å². The van der Waals surface area contributed by atoms with E-state index < -0.39 is 40.7 Å². The van der Waals surface area contributed by atoms with E-state index in [-0.39, 0.29) is 24.2 Å². The van der Waals surface area contributed by atoms with E-state index in [0.717, 1.165) is 16.5 Å². The summed E-state index contributed by atoms with van der Waals surface area (Å²) in [5, 5.41) is 0. The average Bonchev–Trinajstić information content (AvgIpc) is 3.13. The van der Waals surface area contributed by atoms with Gasteiger partial charge in [-0.2, -0.15) is 17.6 Å². The fraction of sp³-hybridized carbons (Fsp3) is 0.316. The summed E-state index contributed by atoms with van der Waals surface area (Å²) < 4.78 is 68.6. The minimum atomic E-state index is -4.20. The Bertz CT molecular complexity index is 1090. The first-order valence-electron chi connectivity index (χ1n) is 8.67. The number of halogens is 4. The molecule has 1 aromatic carbocycles. The summed E-state index contributed by atoms with van der Waals surface area (Å²) >= 11 is 0. The Balaban J connectivity index is 2.36. The minimum absolute atomic E-state index is 0.0508. The van der Waals surface area contributed by atoms with E-state index in [0.29, 0.717) is 0 Å². The average molecular weight is 412 g/mol. The molecule has 0 saturated heterocycles. The van der Waals surface area contributed by atoms with Crippen molar-refractivity contribution in [3.8, 4) is 0 Å². The zero-order valence-corrected chi connectivity index (χ0v) is 15.4. The number of hydrogen-bond donors (Lipinski definition) is 0. The molecule has 0 spiro atoms. The molecule has 0 radical (unpaired) electrons. The van der Waals surface area contributed by atoms with Gasteiger partial charge in [0.2, 0.25) is 0 Å². The summed E-state index contributed by atoms with van der Waals surface area (Å²) in [6, 6.07) is 7.45. The molecule has 3 aromatic rings. The van der Waals surface area contributed by atoms with Gasteiger partial charge in [0.1, 0.15) is 11.4 Å². The van der Waals surface area contributed by atoms with Crippen LogP contribution in [0.2, 0.25) is 0 Å². The second kappa shape index (κ2) is 7.34. The molecule has 0 bridgehead atoms. The van der Waals surface area contributed by atoms with Crippen molar-refractivity contribution in [2.75, 3.05) is 13.2 Å². The predicted molar refractivity (Wildman–Crippen MR) is 93.8 cm³/mol. The van der Waals surface area contributed by atoms with Gasteiger partial charge in [0, 0.05) is 0 Å². The third-order valence-electron chi connectivity index (χ3n) is 4.16. The number of carbonyl (C=O) groups excluding carboxylic acids is 2. The molecule has 0 atom stereocenters. The van der Waals surface area contributed by atoms with Gasteiger partial charge in [0.25, 0.3) is 0 Å². The smallest absolute Gasteiger partial charge is 0.386 e. The number of carbonyl (C=O) groups is 2. The fourth-order valence-corrected chi connectivity index (χ4v) is 2.93. The lowest BCUT2D eigenvalue weighted by Crippen LogP contribution is -2.31. The van der Waals surface area contributed by atoms with Gasteiger partial charge in [-0.15, -0.1) is 0 Å². The van der Waals surface area contributed by atoms with Crippen LogP contribution >= 0.6 is 0 Å². The molecule has 10 heteroatoms. The van der Waals surface area contributed by atoms with Crippen LogP contribution in [0.4, 0.5) is 17.6 Å². The highest BCUT2D eigenvalue weighted by Gasteiger charge is 2.49. The quantitative estimate of drug-likeness (QED) is 0.455. The number of esters is 2. The van der Waals surface area contributed by atoms with Gasteiger partial charge in [-0.1, -0.05) is 12.1 Å². The number of aromatic nitrogens is 2. The third-order valence-corrected chi connectivity index (χ3v) is 4.16. The highest BCUT2D eigenvalue weighted by Crippen LogP contribution is 2.38. The Morgan fingerprint density at radius 2 is 1.48 bits per heavy atom. The van der Waals surface area contributed by atoms with Crippen LogP contribution in [0.1, 0.15) is 25.2 Å². The van der Waals surface area contributed by atoms with Gasteiger partial charge in [-0.25, -0.2) is 14.6 Å². The Morgan fingerprint density at radius 3 is 2.10 bits per heavy atom. The van der Waals surface area contributed by atoms with Crippen LogP contribution in [0.3, 0.4) is 0 Å². The van der Waals surface area contributed by atoms with E-state index in [4.69, 9.17) is 0 Å². The van der Waals surface area contributed by atoms with E-state index in [2.05, 4.69) is 14.5 Å². The first-order valence-corrected chi connectivity index (χ1v) is 8.67. The van der Waals surface area contributed by atoms with E-state index >= 15 is 0 Å². The number of nitrogens with zero attached hydrogens (tertiary/aromatic N) is 2. The molecule has 0 N–H and O–H groups in total. The van der Waals surface area contributed by atoms with Crippen molar-refractivity contribution in [2.24, 2.45) is 0 Å². The summed E-state index contributed by atoms with van der Waals surface area (Å²) in [4.78, 5) is 27.4. The molecule has 2 heterocycles. The maximum Gasteiger partial charge on any atom is 0.386 e. The van der Waals surface area contributed by atoms with E-state index in [1.165, 1.54) is 38.1 Å². The maximum absolute atomic E-state index is 14.8. The Hall–Kier alpha value is -3.17. The highest BCUT2D eigenvalue weighted by atomic mass is 19.3. The van der Waals surface area contributed by atoms with Crippen LogP contribution in [-0.4, -0.2) is 34.5 Å². The molecular weight excluding hydrogens is 396 g/mol. The van der Waals surface area contributed by atoms with Crippen molar-refractivity contribution in [2.45, 2.75) is 25.7 Å². The fourth-order valence-electron chi connectivity index (χ4n) is 2.93. The molecule has 29 heavy (non-hydrogen) atoms. The molecular formula is C19H16F4N2O4. The van der Waals surface area contributed by atoms with Gasteiger partial charge in [0.05, 0.1) is 29.8 Å². The molecule has 0 aliphatic rings. The predicted octanol–water partition coefficient (Wildman–Crippen LogP) is 3.80. The van der Waals surface area contributed by atoms with Crippen LogP contribution in [0.5, 0.6) is 0 Å². The van der Waals surface area contributed by atoms with Gasteiger partial charge in [-0.3, -0.25) is 0 Å². The minimum Gasteiger partial charge on any atom is -0.461 e. The first kappa shape index (κ1) is 20.6. The Kier molecular flexibility index (Phi) is 5.20. The van der Waals surface area contributed by atoms with Crippen LogP contribution in [0.25, 0.3) is 16.6 Å². The topological polar surface area (TPSA) is 69.9 Å². The lowest BCUT2D eigenvalue weighted by Gasteiger charge is -2.19. The number of alkyl halides is 4. The summed E-state index contributed by atoms with van der Waals surface area (Å²) in [7, 11) is 0. The van der Waals surface area contributed by atoms with Crippen molar-refractivity contribution in [3.63, 3.8) is 0 Å². The second-order valence-electron chi connectivity index (χ2n) is 5.98. The standard InChI is InChI=1S/C19H16F4N2O4/c1-3-28-16(26)18(20,21)14-10-9-13-15(19(22,23)17(27)29-4-2)24-11-7-5-6-8-12(11)25(13)14/h5-10H,3-4H2,1-2H3. The highest BCUT2D eigenvalue weighted by molar-refractivity contribution is 5.88. The third kappa shape index (κ3) is 3.28. The van der Waals surface area contributed by atoms with Gasteiger partial charge >= 0.3 is 23.8 Å². The first-order chi connectivity index (χ1) is 13.7. The normalized spacial score (nSPS) is 12.3. The molecule has 0 saturated carbocycles. The Morgan fingerprint density at radius 1 is 0.897 bits per heavy atom. The molecule has 0 aliphatic carbocycles. The van der Waals surface area contributed by atoms with Crippen molar-refractivity contribution in [1.82, 2.24) is 9.38 Å². The van der Waals surface area contributed by atoms with Crippen LogP contribution in [-0.2, 0) is 30.9 Å². The van der Waals surface area contributed by atoms with Crippen LogP contribution in [0.15, 0.2) is 36.4 Å². The number of benzene rings is 1.